The zero-order valence-electron chi connectivity index (χ0n) is 9.81. The van der Waals surface area contributed by atoms with E-state index < -0.39 is 11.3 Å². The van der Waals surface area contributed by atoms with Crippen molar-refractivity contribution in [1.29, 1.82) is 0 Å². The second-order valence-corrected chi connectivity index (χ2v) is 5.12. The van der Waals surface area contributed by atoms with E-state index in [0.717, 1.165) is 11.8 Å². The van der Waals surface area contributed by atoms with E-state index in [2.05, 4.69) is 10.2 Å². The van der Waals surface area contributed by atoms with Gasteiger partial charge in [0, 0.05) is 7.05 Å². The Morgan fingerprint density at radius 3 is 2.74 bits per heavy atom. The third kappa shape index (κ3) is 2.79. The van der Waals surface area contributed by atoms with Crippen LogP contribution in [-0.2, 0) is 0 Å². The maximum atomic E-state index is 11.4. The molecule has 0 spiro atoms. The van der Waals surface area contributed by atoms with Gasteiger partial charge in [0.15, 0.2) is 5.37 Å². The van der Waals surface area contributed by atoms with Gasteiger partial charge in [0.2, 0.25) is 0 Å². The molecule has 0 aliphatic carbocycles. The van der Waals surface area contributed by atoms with Gasteiger partial charge in [0.05, 0.1) is 11.3 Å². The van der Waals surface area contributed by atoms with E-state index in [4.69, 9.17) is 17.3 Å². The van der Waals surface area contributed by atoms with E-state index in [0.29, 0.717) is 4.99 Å². The number of amides is 1. The normalized spacial score (nSPS) is 19.4. The minimum absolute atomic E-state index is 0.0554. The lowest BCUT2D eigenvalue weighted by atomic mass is 10.2. The molecule has 1 unspecified atom stereocenters. The highest BCUT2D eigenvalue weighted by Gasteiger charge is 2.33. The van der Waals surface area contributed by atoms with E-state index in [1.165, 1.54) is 11.0 Å². The number of carbonyl (C=O) groups is 2. The summed E-state index contributed by atoms with van der Waals surface area (Å²) in [5.41, 5.74) is 0.292. The standard InChI is InChI=1S/C11H9N3O3S2/c1-14-9(18)8(19-11(14)17)13-12-7-5-3-2-4-6(7)10(15)16/h2-5,8H,1H3,(H,15,16). The second kappa shape index (κ2) is 5.45. The van der Waals surface area contributed by atoms with Crippen molar-refractivity contribution >= 4 is 45.9 Å². The maximum absolute atomic E-state index is 11.4. The molecule has 1 aromatic carbocycles. The van der Waals surface area contributed by atoms with Crippen LogP contribution in [0.15, 0.2) is 34.5 Å². The number of likely N-dealkylation sites (N-methyl/N-ethyl adjacent to an activating group) is 1. The molecular formula is C11H9N3O3S2. The third-order valence-electron chi connectivity index (χ3n) is 2.43. The van der Waals surface area contributed by atoms with Gasteiger partial charge in [0.25, 0.3) is 5.24 Å². The molecule has 98 valence electrons. The van der Waals surface area contributed by atoms with E-state index in [9.17, 15) is 9.59 Å². The van der Waals surface area contributed by atoms with E-state index in [-0.39, 0.29) is 16.5 Å². The van der Waals surface area contributed by atoms with Gasteiger partial charge < -0.3 is 5.11 Å². The molecule has 1 saturated heterocycles. The first-order valence-electron chi connectivity index (χ1n) is 5.22. The molecule has 1 fully saturated rings. The number of carboxylic acids is 1. The van der Waals surface area contributed by atoms with Crippen LogP contribution in [0.1, 0.15) is 10.4 Å². The van der Waals surface area contributed by atoms with Crippen LogP contribution in [0.3, 0.4) is 0 Å². The van der Waals surface area contributed by atoms with Crippen LogP contribution >= 0.6 is 24.0 Å². The van der Waals surface area contributed by atoms with Crippen LogP contribution in [0.4, 0.5) is 10.5 Å². The number of nitrogens with zero attached hydrogens (tertiary/aromatic N) is 3. The first-order chi connectivity index (χ1) is 9.00. The quantitative estimate of drug-likeness (QED) is 0.685. The Labute approximate surface area is 118 Å². The largest absolute Gasteiger partial charge is 0.478 e. The zero-order chi connectivity index (χ0) is 14.0. The summed E-state index contributed by atoms with van der Waals surface area (Å²) in [5.74, 6) is -1.08. The molecule has 1 aliphatic heterocycles. The van der Waals surface area contributed by atoms with Crippen molar-refractivity contribution in [2.24, 2.45) is 10.2 Å². The van der Waals surface area contributed by atoms with E-state index in [1.807, 2.05) is 0 Å². The Bertz CT molecular complexity index is 588. The molecule has 1 N–H and O–H groups in total. The maximum Gasteiger partial charge on any atom is 0.337 e. The van der Waals surface area contributed by atoms with Crippen molar-refractivity contribution < 1.29 is 14.7 Å². The van der Waals surface area contributed by atoms with Gasteiger partial charge >= 0.3 is 5.97 Å². The van der Waals surface area contributed by atoms with Crippen LogP contribution in [0.2, 0.25) is 0 Å². The Hall–Kier alpha value is -1.80. The predicted octanol–water partition coefficient (Wildman–Crippen LogP) is 2.92. The number of carbonyl (C=O) groups excluding carboxylic acids is 1. The molecule has 19 heavy (non-hydrogen) atoms. The SMILES string of the molecule is CN1C(=O)SC(N=Nc2ccccc2C(=O)O)C1=S. The fraction of sp³-hybridized carbons (Fsp3) is 0.182. The van der Waals surface area contributed by atoms with Gasteiger partial charge in [-0.2, -0.15) is 10.2 Å². The number of thiocarbonyl (C=S) groups is 1. The molecule has 1 atom stereocenters. The minimum Gasteiger partial charge on any atom is -0.478 e. The molecular weight excluding hydrogens is 286 g/mol. The van der Waals surface area contributed by atoms with Crippen molar-refractivity contribution in [1.82, 2.24) is 4.90 Å². The highest BCUT2D eigenvalue weighted by atomic mass is 32.2. The van der Waals surface area contributed by atoms with Crippen molar-refractivity contribution in [3.63, 3.8) is 0 Å². The van der Waals surface area contributed by atoms with Crippen molar-refractivity contribution in [2.75, 3.05) is 7.05 Å². The van der Waals surface area contributed by atoms with Gasteiger partial charge in [-0.1, -0.05) is 24.4 Å². The molecule has 8 heteroatoms. The number of benzene rings is 1. The monoisotopic (exact) mass is 295 g/mol. The number of aromatic carboxylic acids is 1. The van der Waals surface area contributed by atoms with Crippen LogP contribution in [0.5, 0.6) is 0 Å². The topological polar surface area (TPSA) is 82.3 Å². The van der Waals surface area contributed by atoms with Crippen LogP contribution in [0, 0.1) is 0 Å². The Morgan fingerprint density at radius 2 is 2.16 bits per heavy atom. The second-order valence-electron chi connectivity index (χ2n) is 3.67. The number of rotatable bonds is 3. The van der Waals surface area contributed by atoms with Crippen molar-refractivity contribution in [3.05, 3.63) is 29.8 Å². The predicted molar refractivity (Wildman–Crippen MR) is 75.1 cm³/mol. The number of hydrogen-bond acceptors (Lipinski definition) is 6. The summed E-state index contributed by atoms with van der Waals surface area (Å²) in [5, 5.41) is 16.1. The highest BCUT2D eigenvalue weighted by molar-refractivity contribution is 8.16. The Kier molecular flexibility index (Phi) is 3.91. The van der Waals surface area contributed by atoms with Crippen LogP contribution in [-0.4, -0.2) is 38.6 Å². The van der Waals surface area contributed by atoms with E-state index >= 15 is 0 Å². The van der Waals surface area contributed by atoms with Gasteiger partial charge in [-0.25, -0.2) is 4.79 Å². The van der Waals surface area contributed by atoms with Gasteiger partial charge in [0.1, 0.15) is 4.99 Å². The number of hydrogen-bond donors (Lipinski definition) is 1. The molecule has 1 heterocycles. The molecule has 0 radical (unpaired) electrons. The molecule has 0 bridgehead atoms. The number of carboxylic acid groups (broad SMARTS) is 1. The fourth-order valence-corrected chi connectivity index (χ4v) is 2.54. The average Bonchev–Trinajstić information content (AvgIpc) is 2.64. The lowest BCUT2D eigenvalue weighted by Crippen LogP contribution is -2.24. The van der Waals surface area contributed by atoms with Crippen LogP contribution in [0.25, 0.3) is 0 Å². The molecule has 6 nitrogen and oxygen atoms in total. The number of azo groups is 1. The molecule has 1 amide bonds. The fourth-order valence-electron chi connectivity index (χ4n) is 1.41. The summed E-state index contributed by atoms with van der Waals surface area (Å²) in [7, 11) is 1.57. The Balaban J connectivity index is 2.23. The molecule has 2 rings (SSSR count). The lowest BCUT2D eigenvalue weighted by molar-refractivity contribution is 0.0697. The first-order valence-corrected chi connectivity index (χ1v) is 6.51. The highest BCUT2D eigenvalue weighted by Crippen LogP contribution is 2.29. The average molecular weight is 295 g/mol. The summed E-state index contributed by atoms with van der Waals surface area (Å²) in [4.78, 5) is 24.1. The number of thioether (sulfide) groups is 1. The van der Waals surface area contributed by atoms with Gasteiger partial charge in [-0.15, -0.1) is 0 Å². The van der Waals surface area contributed by atoms with E-state index in [1.54, 1.807) is 25.2 Å². The molecule has 0 saturated carbocycles. The smallest absolute Gasteiger partial charge is 0.337 e. The molecule has 0 aromatic heterocycles. The summed E-state index contributed by atoms with van der Waals surface area (Å²) in [6, 6.07) is 6.25. The zero-order valence-corrected chi connectivity index (χ0v) is 11.4. The van der Waals surface area contributed by atoms with Gasteiger partial charge in [-0.3, -0.25) is 9.69 Å². The Morgan fingerprint density at radius 1 is 1.47 bits per heavy atom. The van der Waals surface area contributed by atoms with Crippen molar-refractivity contribution in [3.8, 4) is 0 Å². The van der Waals surface area contributed by atoms with Gasteiger partial charge in [-0.05, 0) is 23.9 Å². The summed E-state index contributed by atoms with van der Waals surface area (Å²) < 4.78 is 0. The third-order valence-corrected chi connectivity index (χ3v) is 4.10. The summed E-state index contributed by atoms with van der Waals surface area (Å²) >= 11 is 6.01. The summed E-state index contributed by atoms with van der Waals surface area (Å²) in [6.45, 7) is 0. The lowest BCUT2D eigenvalue weighted by Gasteiger charge is -2.06. The van der Waals surface area contributed by atoms with Crippen molar-refractivity contribution in [2.45, 2.75) is 5.37 Å². The molecule has 1 aromatic rings. The first kappa shape index (κ1) is 13.6. The van der Waals surface area contributed by atoms with Crippen LogP contribution < -0.4 is 0 Å². The molecule has 1 aliphatic rings. The minimum atomic E-state index is -1.08. The summed E-state index contributed by atoms with van der Waals surface area (Å²) in [6.07, 6.45) is 0.